The van der Waals surface area contributed by atoms with Crippen molar-refractivity contribution in [3.63, 3.8) is 0 Å². The van der Waals surface area contributed by atoms with Crippen molar-refractivity contribution in [3.05, 3.63) is 0 Å². The van der Waals surface area contributed by atoms with Gasteiger partial charge in [-0.15, -0.1) is 0 Å². The molecule has 0 bridgehead atoms. The lowest BCUT2D eigenvalue weighted by Crippen LogP contribution is -2.46. The van der Waals surface area contributed by atoms with Gasteiger partial charge in [-0.25, -0.2) is 0 Å². The number of hydrogen-bond donors (Lipinski definition) is 1. The van der Waals surface area contributed by atoms with E-state index in [9.17, 15) is 0 Å². The van der Waals surface area contributed by atoms with Crippen LogP contribution in [0.15, 0.2) is 0 Å². The van der Waals surface area contributed by atoms with Gasteiger partial charge in [0.1, 0.15) is 0 Å². The lowest BCUT2D eigenvalue weighted by molar-refractivity contribution is 0.0629. The lowest BCUT2D eigenvalue weighted by Gasteiger charge is -2.33. The van der Waals surface area contributed by atoms with Crippen LogP contribution in [-0.4, -0.2) is 43.3 Å². The minimum Gasteiger partial charge on any atom is -0.379 e. The number of nitrogens with two attached hydrogens (primary N) is 1. The Labute approximate surface area is 106 Å². The van der Waals surface area contributed by atoms with E-state index in [1.165, 1.54) is 51.7 Å². The van der Waals surface area contributed by atoms with Crippen molar-refractivity contribution in [1.29, 1.82) is 0 Å². The SMILES string of the molecule is NC1(COCCCN2CCCC2)CCCCC1. The second-order valence-electron chi connectivity index (χ2n) is 5.88. The van der Waals surface area contributed by atoms with Crippen molar-refractivity contribution in [2.75, 3.05) is 32.8 Å². The predicted octanol–water partition coefficient (Wildman–Crippen LogP) is 2.15. The van der Waals surface area contributed by atoms with Gasteiger partial charge < -0.3 is 15.4 Å². The fourth-order valence-electron chi connectivity index (χ4n) is 3.07. The summed E-state index contributed by atoms with van der Waals surface area (Å²) >= 11 is 0. The Morgan fingerprint density at radius 3 is 2.41 bits per heavy atom. The highest BCUT2D eigenvalue weighted by molar-refractivity contribution is 4.86. The van der Waals surface area contributed by atoms with Crippen molar-refractivity contribution in [3.8, 4) is 0 Å². The van der Waals surface area contributed by atoms with Crippen LogP contribution in [0.5, 0.6) is 0 Å². The lowest BCUT2D eigenvalue weighted by atomic mass is 9.83. The highest BCUT2D eigenvalue weighted by atomic mass is 16.5. The molecule has 0 atom stereocenters. The third-order valence-electron chi connectivity index (χ3n) is 4.20. The Bertz CT molecular complexity index is 208. The Balaban J connectivity index is 1.50. The van der Waals surface area contributed by atoms with E-state index in [-0.39, 0.29) is 5.54 Å². The van der Waals surface area contributed by atoms with Crippen LogP contribution in [0.1, 0.15) is 51.4 Å². The van der Waals surface area contributed by atoms with Gasteiger partial charge in [-0.3, -0.25) is 0 Å². The standard InChI is InChI=1S/C14H28N2O/c15-14(7-2-1-3-8-14)13-17-12-6-11-16-9-4-5-10-16/h1-13,15H2. The van der Waals surface area contributed by atoms with E-state index in [4.69, 9.17) is 10.5 Å². The van der Waals surface area contributed by atoms with E-state index >= 15 is 0 Å². The minimum absolute atomic E-state index is 0.00804. The maximum atomic E-state index is 6.33. The Morgan fingerprint density at radius 1 is 1.00 bits per heavy atom. The molecule has 0 unspecified atom stereocenters. The first kappa shape index (κ1) is 13.3. The zero-order valence-electron chi connectivity index (χ0n) is 11.1. The van der Waals surface area contributed by atoms with Gasteiger partial charge in [0.05, 0.1) is 6.61 Å². The summed E-state index contributed by atoms with van der Waals surface area (Å²) in [5, 5.41) is 0. The van der Waals surface area contributed by atoms with Crippen molar-refractivity contribution < 1.29 is 4.74 Å². The molecule has 1 aliphatic carbocycles. The number of likely N-dealkylation sites (tertiary alicyclic amines) is 1. The quantitative estimate of drug-likeness (QED) is 0.723. The molecule has 17 heavy (non-hydrogen) atoms. The highest BCUT2D eigenvalue weighted by Crippen LogP contribution is 2.25. The molecule has 0 aromatic carbocycles. The number of rotatable bonds is 6. The molecule has 0 spiro atoms. The molecule has 2 fully saturated rings. The van der Waals surface area contributed by atoms with Gasteiger partial charge in [0.25, 0.3) is 0 Å². The molecule has 2 N–H and O–H groups in total. The van der Waals surface area contributed by atoms with Gasteiger partial charge in [0.2, 0.25) is 0 Å². The predicted molar refractivity (Wildman–Crippen MR) is 71.1 cm³/mol. The Morgan fingerprint density at radius 2 is 1.71 bits per heavy atom. The summed E-state index contributed by atoms with van der Waals surface area (Å²) in [7, 11) is 0. The van der Waals surface area contributed by atoms with Gasteiger partial charge in [-0.05, 0) is 45.2 Å². The second-order valence-corrected chi connectivity index (χ2v) is 5.88. The normalized spacial score (nSPS) is 25.2. The zero-order valence-corrected chi connectivity index (χ0v) is 11.1. The van der Waals surface area contributed by atoms with Crippen molar-refractivity contribution in [2.45, 2.75) is 56.9 Å². The molecule has 0 radical (unpaired) electrons. The van der Waals surface area contributed by atoms with Crippen molar-refractivity contribution in [1.82, 2.24) is 4.90 Å². The summed E-state index contributed by atoms with van der Waals surface area (Å²) in [6.07, 6.45) is 10.2. The van der Waals surface area contributed by atoms with Crippen LogP contribution < -0.4 is 5.73 Å². The molecule has 1 saturated carbocycles. The molecular formula is C14H28N2O. The third kappa shape index (κ3) is 4.57. The molecular weight excluding hydrogens is 212 g/mol. The summed E-state index contributed by atoms with van der Waals surface area (Å²) in [6, 6.07) is 0. The molecule has 3 heteroatoms. The fourth-order valence-corrected chi connectivity index (χ4v) is 3.07. The number of ether oxygens (including phenoxy) is 1. The first-order chi connectivity index (χ1) is 8.29. The molecule has 2 aliphatic rings. The first-order valence-corrected chi connectivity index (χ1v) is 7.38. The molecule has 0 amide bonds. The average molecular weight is 240 g/mol. The molecule has 1 saturated heterocycles. The smallest absolute Gasteiger partial charge is 0.0646 e. The maximum Gasteiger partial charge on any atom is 0.0646 e. The fraction of sp³-hybridized carbons (Fsp3) is 1.00. The van der Waals surface area contributed by atoms with Gasteiger partial charge in [0, 0.05) is 18.7 Å². The maximum absolute atomic E-state index is 6.33. The van der Waals surface area contributed by atoms with Gasteiger partial charge >= 0.3 is 0 Å². The monoisotopic (exact) mass is 240 g/mol. The van der Waals surface area contributed by atoms with Crippen LogP contribution in [0.2, 0.25) is 0 Å². The van der Waals surface area contributed by atoms with Crippen LogP contribution in [0, 0.1) is 0 Å². The second kappa shape index (κ2) is 6.72. The van der Waals surface area contributed by atoms with Gasteiger partial charge in [-0.2, -0.15) is 0 Å². The molecule has 0 aromatic heterocycles. The van der Waals surface area contributed by atoms with E-state index in [1.54, 1.807) is 0 Å². The van der Waals surface area contributed by atoms with E-state index in [2.05, 4.69) is 4.90 Å². The summed E-state index contributed by atoms with van der Waals surface area (Å²) in [6.45, 7) is 5.45. The van der Waals surface area contributed by atoms with Crippen LogP contribution in [0.25, 0.3) is 0 Å². The summed E-state index contributed by atoms with van der Waals surface area (Å²) < 4.78 is 5.78. The topological polar surface area (TPSA) is 38.5 Å². The van der Waals surface area contributed by atoms with Crippen molar-refractivity contribution in [2.24, 2.45) is 5.73 Å². The minimum atomic E-state index is -0.00804. The number of hydrogen-bond acceptors (Lipinski definition) is 3. The molecule has 1 heterocycles. The third-order valence-corrected chi connectivity index (χ3v) is 4.20. The molecule has 0 aromatic rings. The summed E-state index contributed by atoms with van der Waals surface area (Å²) in [5.41, 5.74) is 6.32. The van der Waals surface area contributed by atoms with Crippen LogP contribution in [-0.2, 0) is 4.74 Å². The zero-order chi connectivity index (χ0) is 12.0. The molecule has 2 rings (SSSR count). The average Bonchev–Trinajstić information content (AvgIpc) is 2.82. The molecule has 1 aliphatic heterocycles. The van der Waals surface area contributed by atoms with Crippen molar-refractivity contribution >= 4 is 0 Å². The van der Waals surface area contributed by atoms with E-state index in [0.29, 0.717) is 0 Å². The van der Waals surface area contributed by atoms with E-state index < -0.39 is 0 Å². The van der Waals surface area contributed by atoms with Crippen LogP contribution in [0.4, 0.5) is 0 Å². The summed E-state index contributed by atoms with van der Waals surface area (Å²) in [5.74, 6) is 0. The van der Waals surface area contributed by atoms with Crippen LogP contribution in [0.3, 0.4) is 0 Å². The number of nitrogens with zero attached hydrogens (tertiary/aromatic N) is 1. The van der Waals surface area contributed by atoms with Crippen LogP contribution >= 0.6 is 0 Å². The Kier molecular flexibility index (Phi) is 5.26. The molecule has 100 valence electrons. The Hall–Kier alpha value is -0.120. The largest absolute Gasteiger partial charge is 0.379 e. The summed E-state index contributed by atoms with van der Waals surface area (Å²) in [4.78, 5) is 2.54. The molecule has 3 nitrogen and oxygen atoms in total. The van der Waals surface area contributed by atoms with E-state index in [0.717, 1.165) is 32.5 Å². The first-order valence-electron chi connectivity index (χ1n) is 7.38. The van der Waals surface area contributed by atoms with Gasteiger partial charge in [0.15, 0.2) is 0 Å². The van der Waals surface area contributed by atoms with E-state index in [1.807, 2.05) is 0 Å². The van der Waals surface area contributed by atoms with Gasteiger partial charge in [-0.1, -0.05) is 19.3 Å². The highest BCUT2D eigenvalue weighted by Gasteiger charge is 2.27.